The number of nitrogen functional groups attached to an aromatic ring is 1. The van der Waals surface area contributed by atoms with Gasteiger partial charge in [0.25, 0.3) is 0 Å². The van der Waals surface area contributed by atoms with Crippen LogP contribution in [0.5, 0.6) is 0 Å². The molecular formula is C23H37N3OSi. The standard InChI is InChI=1S/C23H37N3OSi/c1-17-16-26(13-14-27-28(5,6)23(2,3)4)25-22(17)21(18-9-7-10-18)19-11-8-12-20(24)15-19/h8,11-12,15-16,18,21H,7,9-10,13-14,24H2,1-6H3. The van der Waals surface area contributed by atoms with Gasteiger partial charge in [0.1, 0.15) is 0 Å². The summed E-state index contributed by atoms with van der Waals surface area (Å²) < 4.78 is 8.43. The number of benzene rings is 1. The number of nitrogens with two attached hydrogens (primary N) is 1. The Morgan fingerprint density at radius 3 is 2.57 bits per heavy atom. The van der Waals surface area contributed by atoms with E-state index in [1.54, 1.807) is 0 Å². The van der Waals surface area contributed by atoms with Gasteiger partial charge in [-0.05, 0) is 67.1 Å². The first-order valence-corrected chi connectivity index (χ1v) is 13.5. The van der Waals surface area contributed by atoms with E-state index in [2.05, 4.69) is 69.9 Å². The summed E-state index contributed by atoms with van der Waals surface area (Å²) in [5.41, 5.74) is 10.7. The number of nitrogens with zero attached hydrogens (tertiary/aromatic N) is 2. The highest BCUT2D eigenvalue weighted by molar-refractivity contribution is 6.74. The van der Waals surface area contributed by atoms with Crippen molar-refractivity contribution < 1.29 is 4.43 Å². The molecule has 1 saturated carbocycles. The van der Waals surface area contributed by atoms with Crippen LogP contribution in [0.3, 0.4) is 0 Å². The van der Waals surface area contributed by atoms with Crippen molar-refractivity contribution in [1.82, 2.24) is 9.78 Å². The summed E-state index contributed by atoms with van der Waals surface area (Å²) in [6.45, 7) is 15.2. The van der Waals surface area contributed by atoms with E-state index in [1.165, 1.54) is 36.1 Å². The molecule has 154 valence electrons. The number of rotatable bonds is 7. The molecule has 1 fully saturated rings. The van der Waals surface area contributed by atoms with Gasteiger partial charge in [-0.3, -0.25) is 4.68 Å². The van der Waals surface area contributed by atoms with Gasteiger partial charge < -0.3 is 10.2 Å². The van der Waals surface area contributed by atoms with Gasteiger partial charge in [-0.15, -0.1) is 0 Å². The highest BCUT2D eigenvalue weighted by Crippen LogP contribution is 2.44. The van der Waals surface area contributed by atoms with E-state index in [1.807, 2.05) is 6.07 Å². The zero-order chi connectivity index (χ0) is 20.5. The Morgan fingerprint density at radius 2 is 2.00 bits per heavy atom. The molecule has 0 amide bonds. The van der Waals surface area contributed by atoms with Crippen molar-refractivity contribution in [3.05, 3.63) is 47.3 Å². The van der Waals surface area contributed by atoms with Crippen LogP contribution >= 0.6 is 0 Å². The molecule has 0 aliphatic heterocycles. The second kappa shape index (κ2) is 8.03. The summed E-state index contributed by atoms with van der Waals surface area (Å²) >= 11 is 0. The fraction of sp³-hybridized carbons (Fsp3) is 0.609. The van der Waals surface area contributed by atoms with E-state index in [4.69, 9.17) is 15.3 Å². The van der Waals surface area contributed by atoms with Crippen molar-refractivity contribution >= 4 is 14.0 Å². The zero-order valence-corrected chi connectivity index (χ0v) is 19.5. The molecule has 5 heteroatoms. The van der Waals surface area contributed by atoms with E-state index < -0.39 is 8.32 Å². The lowest BCUT2D eigenvalue weighted by atomic mass is 9.71. The van der Waals surface area contributed by atoms with Crippen molar-refractivity contribution in [3.8, 4) is 0 Å². The minimum absolute atomic E-state index is 0.237. The highest BCUT2D eigenvalue weighted by atomic mass is 28.4. The molecule has 4 nitrogen and oxygen atoms in total. The van der Waals surface area contributed by atoms with Crippen molar-refractivity contribution in [2.24, 2.45) is 5.92 Å². The van der Waals surface area contributed by atoms with E-state index in [-0.39, 0.29) is 5.04 Å². The number of aromatic nitrogens is 2. The van der Waals surface area contributed by atoms with Crippen LogP contribution in [-0.2, 0) is 11.0 Å². The maximum Gasteiger partial charge on any atom is 0.192 e. The van der Waals surface area contributed by atoms with Gasteiger partial charge in [0.05, 0.1) is 18.8 Å². The van der Waals surface area contributed by atoms with Crippen molar-refractivity contribution in [3.63, 3.8) is 0 Å². The van der Waals surface area contributed by atoms with Crippen LogP contribution in [0.1, 0.15) is 62.8 Å². The summed E-state index contributed by atoms with van der Waals surface area (Å²) in [5, 5.41) is 5.25. The molecule has 1 atom stereocenters. The largest absolute Gasteiger partial charge is 0.415 e. The Labute approximate surface area is 171 Å². The minimum atomic E-state index is -1.72. The maximum absolute atomic E-state index is 6.35. The van der Waals surface area contributed by atoms with Crippen LogP contribution in [0, 0.1) is 12.8 Å². The third kappa shape index (κ3) is 4.52. The van der Waals surface area contributed by atoms with E-state index in [0.717, 1.165) is 18.8 Å². The summed E-state index contributed by atoms with van der Waals surface area (Å²) in [6, 6.07) is 8.36. The lowest BCUT2D eigenvalue weighted by molar-refractivity contribution is 0.262. The van der Waals surface area contributed by atoms with Gasteiger partial charge in [-0.1, -0.05) is 39.3 Å². The molecule has 1 aliphatic carbocycles. The quantitative estimate of drug-likeness (QED) is 0.478. The Hall–Kier alpha value is -1.59. The molecule has 1 aliphatic rings. The lowest BCUT2D eigenvalue weighted by Gasteiger charge is -2.36. The molecule has 0 radical (unpaired) electrons. The van der Waals surface area contributed by atoms with Gasteiger partial charge in [0, 0.05) is 17.8 Å². The van der Waals surface area contributed by atoms with Gasteiger partial charge in [-0.2, -0.15) is 5.10 Å². The molecule has 0 spiro atoms. The third-order valence-corrected chi connectivity index (χ3v) is 11.3. The molecule has 1 unspecified atom stereocenters. The molecule has 3 rings (SSSR count). The SMILES string of the molecule is Cc1cn(CCO[Si](C)(C)C(C)(C)C)nc1C(c1cccc(N)c1)C1CCC1. The van der Waals surface area contributed by atoms with Crippen molar-refractivity contribution in [2.45, 2.75) is 77.6 Å². The maximum atomic E-state index is 6.35. The average molecular weight is 400 g/mol. The van der Waals surface area contributed by atoms with E-state index in [9.17, 15) is 0 Å². The molecule has 2 N–H and O–H groups in total. The molecule has 0 saturated heterocycles. The van der Waals surface area contributed by atoms with Crippen molar-refractivity contribution in [2.75, 3.05) is 12.3 Å². The topological polar surface area (TPSA) is 53.1 Å². The fourth-order valence-electron chi connectivity index (χ4n) is 3.75. The predicted molar refractivity (Wildman–Crippen MR) is 120 cm³/mol. The summed E-state index contributed by atoms with van der Waals surface area (Å²) in [5.74, 6) is 1.02. The van der Waals surface area contributed by atoms with Gasteiger partial charge >= 0.3 is 0 Å². The predicted octanol–water partition coefficient (Wildman–Crippen LogP) is 5.73. The molecule has 1 heterocycles. The number of hydrogen-bond acceptors (Lipinski definition) is 3. The second-order valence-corrected chi connectivity index (χ2v) is 14.7. The van der Waals surface area contributed by atoms with E-state index >= 15 is 0 Å². The molecule has 1 aromatic heterocycles. The normalized spacial score (nSPS) is 16.8. The number of hydrogen-bond donors (Lipinski definition) is 1. The van der Waals surface area contributed by atoms with Crippen LogP contribution in [0.4, 0.5) is 5.69 Å². The number of anilines is 1. The Bertz CT molecular complexity index is 802. The molecule has 0 bridgehead atoms. The minimum Gasteiger partial charge on any atom is -0.415 e. The smallest absolute Gasteiger partial charge is 0.192 e. The first-order chi connectivity index (χ1) is 13.1. The van der Waals surface area contributed by atoms with Crippen LogP contribution in [-0.4, -0.2) is 24.7 Å². The monoisotopic (exact) mass is 399 g/mol. The van der Waals surface area contributed by atoms with Gasteiger partial charge in [0.15, 0.2) is 8.32 Å². The van der Waals surface area contributed by atoms with Crippen LogP contribution in [0.25, 0.3) is 0 Å². The first-order valence-electron chi connectivity index (χ1n) is 10.6. The molecule has 1 aromatic carbocycles. The Morgan fingerprint density at radius 1 is 1.29 bits per heavy atom. The summed E-state index contributed by atoms with van der Waals surface area (Å²) in [4.78, 5) is 0. The lowest BCUT2D eigenvalue weighted by Crippen LogP contribution is -2.41. The van der Waals surface area contributed by atoms with Crippen LogP contribution in [0.2, 0.25) is 18.1 Å². The highest BCUT2D eigenvalue weighted by Gasteiger charge is 2.37. The van der Waals surface area contributed by atoms with Crippen LogP contribution in [0.15, 0.2) is 30.5 Å². The third-order valence-electron chi connectivity index (χ3n) is 6.76. The molecular weight excluding hydrogens is 362 g/mol. The molecule has 2 aromatic rings. The Kier molecular flexibility index (Phi) is 6.06. The number of aryl methyl sites for hydroxylation is 1. The van der Waals surface area contributed by atoms with Gasteiger partial charge in [0.2, 0.25) is 0 Å². The molecule has 28 heavy (non-hydrogen) atoms. The second-order valence-electron chi connectivity index (χ2n) is 9.91. The summed E-state index contributed by atoms with van der Waals surface area (Å²) in [6.07, 6.45) is 6.06. The Balaban J connectivity index is 1.76. The van der Waals surface area contributed by atoms with Crippen LogP contribution < -0.4 is 5.73 Å². The zero-order valence-electron chi connectivity index (χ0n) is 18.5. The van der Waals surface area contributed by atoms with Gasteiger partial charge in [-0.25, -0.2) is 0 Å². The fourth-order valence-corrected chi connectivity index (χ4v) is 4.78. The van der Waals surface area contributed by atoms with E-state index in [0.29, 0.717) is 11.8 Å². The summed E-state index contributed by atoms with van der Waals surface area (Å²) in [7, 11) is -1.72. The average Bonchev–Trinajstić information content (AvgIpc) is 2.89. The first kappa shape index (κ1) is 21.1. The van der Waals surface area contributed by atoms with Crippen molar-refractivity contribution in [1.29, 1.82) is 0 Å².